The Balaban J connectivity index is 0.000000307. The largest absolute Gasteiger partial charge is 0.478 e. The first-order chi connectivity index (χ1) is 11.4. The van der Waals surface area contributed by atoms with Crippen molar-refractivity contribution in [3.63, 3.8) is 0 Å². The van der Waals surface area contributed by atoms with E-state index >= 15 is 0 Å². The molecule has 0 aromatic heterocycles. The van der Waals surface area contributed by atoms with Crippen molar-refractivity contribution in [2.45, 2.75) is 11.8 Å². The van der Waals surface area contributed by atoms with Gasteiger partial charge in [-0.1, -0.05) is 30.3 Å². The quantitative estimate of drug-likeness (QED) is 0.526. The van der Waals surface area contributed by atoms with Gasteiger partial charge >= 0.3 is 17.9 Å². The molecule has 1 aromatic carbocycles. The Morgan fingerprint density at radius 3 is 2.17 bits per heavy atom. The molecule has 2 rings (SSSR count). The normalized spacial score (nSPS) is 21.5. The highest BCUT2D eigenvalue weighted by atomic mass is 16.5. The minimum absolute atomic E-state index is 0.112. The second-order valence-corrected chi connectivity index (χ2v) is 5.30. The average Bonchev–Trinajstić information content (AvgIpc) is 3.29. The first-order valence-corrected chi connectivity index (χ1v) is 7.31. The molecule has 1 saturated carbocycles. The number of esters is 1. The summed E-state index contributed by atoms with van der Waals surface area (Å²) in [7, 11) is 3.37. The Morgan fingerprint density at radius 1 is 1.21 bits per heavy atom. The molecule has 24 heavy (non-hydrogen) atoms. The van der Waals surface area contributed by atoms with Crippen LogP contribution in [0.5, 0.6) is 0 Å². The number of carboxylic acid groups (broad SMARTS) is 2. The number of rotatable bonds is 6. The van der Waals surface area contributed by atoms with Crippen LogP contribution < -0.4 is 5.32 Å². The lowest BCUT2D eigenvalue weighted by Crippen LogP contribution is -2.27. The molecule has 0 bridgehead atoms. The molecule has 3 N–H and O–H groups in total. The Labute approximate surface area is 139 Å². The average molecular weight is 335 g/mol. The number of benzene rings is 1. The summed E-state index contributed by atoms with van der Waals surface area (Å²) in [6, 6.07) is 9.91. The van der Waals surface area contributed by atoms with Crippen LogP contribution >= 0.6 is 0 Å². The molecule has 2 atom stereocenters. The Bertz CT molecular complexity index is 597. The second-order valence-electron chi connectivity index (χ2n) is 5.30. The number of nitrogens with one attached hydrogen (secondary N) is 1. The topological polar surface area (TPSA) is 113 Å². The lowest BCUT2D eigenvalue weighted by Gasteiger charge is -2.15. The first kappa shape index (κ1) is 19.4. The van der Waals surface area contributed by atoms with Crippen LogP contribution in [-0.2, 0) is 24.5 Å². The van der Waals surface area contributed by atoms with Crippen LogP contribution in [0.3, 0.4) is 0 Å². The number of carbonyl (C=O) groups excluding carboxylic acids is 1. The molecule has 1 aliphatic carbocycles. The van der Waals surface area contributed by atoms with Gasteiger partial charge in [-0.2, -0.15) is 0 Å². The molecule has 2 unspecified atom stereocenters. The van der Waals surface area contributed by atoms with E-state index in [-0.39, 0.29) is 5.97 Å². The lowest BCUT2D eigenvalue weighted by atomic mass is 9.93. The van der Waals surface area contributed by atoms with Crippen LogP contribution in [0, 0.1) is 5.92 Å². The van der Waals surface area contributed by atoms with Gasteiger partial charge in [-0.3, -0.25) is 4.79 Å². The molecule has 0 aliphatic heterocycles. The molecule has 7 heteroatoms. The number of carbonyl (C=O) groups is 3. The number of hydrogen-bond donors (Lipinski definition) is 3. The van der Waals surface area contributed by atoms with E-state index in [9.17, 15) is 14.4 Å². The Kier molecular flexibility index (Phi) is 7.13. The number of carboxylic acids is 2. The first-order valence-electron chi connectivity index (χ1n) is 7.31. The van der Waals surface area contributed by atoms with Crippen LogP contribution in [0.2, 0.25) is 0 Å². The fraction of sp³-hybridized carbons (Fsp3) is 0.353. The lowest BCUT2D eigenvalue weighted by molar-refractivity contribution is -0.144. The van der Waals surface area contributed by atoms with Crippen molar-refractivity contribution in [3.05, 3.63) is 48.0 Å². The van der Waals surface area contributed by atoms with E-state index < -0.39 is 17.4 Å². The third kappa shape index (κ3) is 4.92. The van der Waals surface area contributed by atoms with Gasteiger partial charge in [0.15, 0.2) is 0 Å². The molecule has 0 saturated heterocycles. The van der Waals surface area contributed by atoms with E-state index in [0.717, 1.165) is 18.5 Å². The van der Waals surface area contributed by atoms with E-state index in [2.05, 4.69) is 5.32 Å². The van der Waals surface area contributed by atoms with Gasteiger partial charge in [0.2, 0.25) is 0 Å². The maximum Gasteiger partial charge on any atom is 0.328 e. The third-order valence-corrected chi connectivity index (χ3v) is 3.76. The highest BCUT2D eigenvalue weighted by Crippen LogP contribution is 2.54. The van der Waals surface area contributed by atoms with E-state index in [4.69, 9.17) is 14.9 Å². The zero-order valence-corrected chi connectivity index (χ0v) is 13.6. The third-order valence-electron chi connectivity index (χ3n) is 3.76. The van der Waals surface area contributed by atoms with E-state index in [1.807, 2.05) is 37.4 Å². The molecular weight excluding hydrogens is 314 g/mol. The van der Waals surface area contributed by atoms with Gasteiger partial charge < -0.3 is 20.3 Å². The number of methoxy groups -OCH3 is 1. The van der Waals surface area contributed by atoms with Crippen molar-refractivity contribution in [2.75, 3.05) is 20.7 Å². The van der Waals surface area contributed by atoms with Crippen molar-refractivity contribution >= 4 is 17.9 Å². The molecule has 7 nitrogen and oxygen atoms in total. The molecule has 1 fully saturated rings. The second kappa shape index (κ2) is 8.83. The van der Waals surface area contributed by atoms with Crippen molar-refractivity contribution in [3.8, 4) is 0 Å². The summed E-state index contributed by atoms with van der Waals surface area (Å²) in [6.45, 7) is 0.851. The minimum Gasteiger partial charge on any atom is -0.478 e. The number of hydrogen-bond acceptors (Lipinski definition) is 5. The maximum atomic E-state index is 11.9. The zero-order chi connectivity index (χ0) is 18.2. The molecule has 0 radical (unpaired) electrons. The summed E-state index contributed by atoms with van der Waals surface area (Å²) in [6.07, 6.45) is 2.00. The molecule has 1 aliphatic rings. The SMILES string of the molecule is CNCC1CC1(C(=O)OC)c1ccccc1.O=C(O)/C=C/C(=O)O. The molecule has 0 spiro atoms. The zero-order valence-electron chi connectivity index (χ0n) is 13.6. The van der Waals surface area contributed by atoms with Gasteiger partial charge in [0.05, 0.1) is 12.5 Å². The van der Waals surface area contributed by atoms with Crippen LogP contribution in [-0.4, -0.2) is 48.8 Å². The van der Waals surface area contributed by atoms with E-state index in [1.165, 1.54) is 7.11 Å². The van der Waals surface area contributed by atoms with Crippen molar-refractivity contribution < 1.29 is 29.3 Å². The molecule has 0 amide bonds. The van der Waals surface area contributed by atoms with Crippen molar-refractivity contribution in [1.29, 1.82) is 0 Å². The predicted molar refractivity (Wildman–Crippen MR) is 86.6 cm³/mol. The minimum atomic E-state index is -1.26. The maximum absolute atomic E-state index is 11.9. The Morgan fingerprint density at radius 2 is 1.75 bits per heavy atom. The van der Waals surface area contributed by atoms with Crippen LogP contribution in [0.15, 0.2) is 42.5 Å². The monoisotopic (exact) mass is 335 g/mol. The summed E-state index contributed by atoms with van der Waals surface area (Å²) >= 11 is 0. The summed E-state index contributed by atoms with van der Waals surface area (Å²) in [5.41, 5.74) is 0.668. The highest BCUT2D eigenvalue weighted by Gasteiger charge is 2.61. The molecule has 130 valence electrons. The van der Waals surface area contributed by atoms with Gasteiger partial charge in [0, 0.05) is 12.2 Å². The van der Waals surface area contributed by atoms with E-state index in [0.29, 0.717) is 18.1 Å². The summed E-state index contributed by atoms with van der Waals surface area (Å²) in [5, 5.41) is 18.7. The van der Waals surface area contributed by atoms with Gasteiger partial charge in [0.1, 0.15) is 0 Å². The van der Waals surface area contributed by atoms with Gasteiger partial charge in [0.25, 0.3) is 0 Å². The standard InChI is InChI=1S/C13H17NO2.C4H4O4/c1-14-9-11-8-13(11,12(15)16-2)10-6-4-3-5-7-10;5-3(6)1-2-4(7)8/h3-7,11,14H,8-9H2,1-2H3;1-2H,(H,5,6)(H,7,8)/b;2-1+. The van der Waals surface area contributed by atoms with Gasteiger partial charge in [-0.05, 0) is 31.5 Å². The fourth-order valence-electron chi connectivity index (χ4n) is 2.60. The summed E-state index contributed by atoms with van der Waals surface area (Å²) in [4.78, 5) is 31.0. The molecule has 1 aromatic rings. The van der Waals surface area contributed by atoms with Crippen LogP contribution in [0.4, 0.5) is 0 Å². The molecular formula is C17H21NO6. The fourth-order valence-corrected chi connectivity index (χ4v) is 2.60. The van der Waals surface area contributed by atoms with Gasteiger partial charge in [-0.25, -0.2) is 9.59 Å². The van der Waals surface area contributed by atoms with E-state index in [1.54, 1.807) is 0 Å². The Hall–Kier alpha value is -2.67. The smallest absolute Gasteiger partial charge is 0.328 e. The summed E-state index contributed by atoms with van der Waals surface area (Å²) in [5.74, 6) is -2.27. The van der Waals surface area contributed by atoms with Crippen molar-refractivity contribution in [1.82, 2.24) is 5.32 Å². The van der Waals surface area contributed by atoms with Crippen LogP contribution in [0.1, 0.15) is 12.0 Å². The highest BCUT2D eigenvalue weighted by molar-refractivity contribution is 5.89. The molecule has 0 heterocycles. The predicted octanol–water partition coefficient (Wildman–Crippen LogP) is 1.05. The number of aliphatic carboxylic acids is 2. The summed E-state index contributed by atoms with van der Waals surface area (Å²) < 4.78 is 4.94. The van der Waals surface area contributed by atoms with Crippen molar-refractivity contribution in [2.24, 2.45) is 5.92 Å². The van der Waals surface area contributed by atoms with Gasteiger partial charge in [-0.15, -0.1) is 0 Å². The van der Waals surface area contributed by atoms with Crippen LogP contribution in [0.25, 0.3) is 0 Å². The number of ether oxygens (including phenoxy) is 1.